The Bertz CT molecular complexity index is 1510. The van der Waals surface area contributed by atoms with E-state index in [0.717, 1.165) is 51.2 Å². The van der Waals surface area contributed by atoms with Gasteiger partial charge in [0.2, 0.25) is 6.79 Å². The van der Waals surface area contributed by atoms with Gasteiger partial charge in [0.05, 0.1) is 21.8 Å². The molecule has 0 saturated carbocycles. The van der Waals surface area contributed by atoms with E-state index in [-0.39, 0.29) is 26.0 Å². The number of hydrogen-bond donors (Lipinski definition) is 0. The molecule has 0 unspecified atom stereocenters. The highest BCUT2D eigenvalue weighted by atomic mass is 35.5. The average Bonchev–Trinajstić information content (AvgIpc) is 3.53. The van der Waals surface area contributed by atoms with Crippen LogP contribution in [0.3, 0.4) is 0 Å². The minimum absolute atomic E-state index is 0.107. The molecule has 36 heavy (non-hydrogen) atoms. The maximum Gasteiger partial charge on any atom is 0.339 e. The minimum Gasteiger partial charge on any atom is -0.488 e. The van der Waals surface area contributed by atoms with Gasteiger partial charge in [-0.1, -0.05) is 48.0 Å². The molecule has 3 aromatic carbocycles. The lowest BCUT2D eigenvalue weighted by molar-refractivity contribution is 0.0451. The fourth-order valence-electron chi connectivity index (χ4n) is 4.64. The van der Waals surface area contributed by atoms with E-state index >= 15 is 0 Å². The van der Waals surface area contributed by atoms with Gasteiger partial charge in [-0.05, 0) is 65.9 Å². The maximum atomic E-state index is 13.3. The van der Waals surface area contributed by atoms with Crippen LogP contribution in [0.5, 0.6) is 17.2 Å². The molecule has 0 atom stereocenters. The number of carbonyl (C=O) groups excluding carboxylic acids is 1. The molecule has 2 aliphatic rings. The second-order valence-corrected chi connectivity index (χ2v) is 8.94. The molecule has 180 valence electrons. The molecule has 7 heteroatoms. The topological polar surface area (TPSA) is 66.9 Å². The van der Waals surface area contributed by atoms with Crippen LogP contribution in [0.1, 0.15) is 33.6 Å². The summed E-state index contributed by atoms with van der Waals surface area (Å²) in [7, 11) is 0. The van der Waals surface area contributed by atoms with E-state index in [9.17, 15) is 4.79 Å². The van der Waals surface area contributed by atoms with E-state index in [1.807, 2.05) is 54.6 Å². The number of carbonyl (C=O) groups is 1. The molecule has 0 amide bonds. The summed E-state index contributed by atoms with van der Waals surface area (Å²) in [5.41, 5.74) is 5.16. The van der Waals surface area contributed by atoms with Crippen LogP contribution in [0.2, 0.25) is 5.02 Å². The molecular formula is C29H22ClNO5. The molecule has 0 N–H and O–H groups in total. The first-order valence-electron chi connectivity index (χ1n) is 11.7. The van der Waals surface area contributed by atoms with Crippen molar-refractivity contribution in [2.24, 2.45) is 0 Å². The highest BCUT2D eigenvalue weighted by molar-refractivity contribution is 6.32. The molecule has 1 aliphatic heterocycles. The van der Waals surface area contributed by atoms with Crippen LogP contribution in [0.25, 0.3) is 22.6 Å². The summed E-state index contributed by atoms with van der Waals surface area (Å²) in [5.74, 6) is 1.66. The number of benzene rings is 3. The summed E-state index contributed by atoms with van der Waals surface area (Å²) in [4.78, 5) is 18.2. The lowest BCUT2D eigenvalue weighted by Gasteiger charge is -2.13. The van der Waals surface area contributed by atoms with Gasteiger partial charge in [0.1, 0.15) is 19.0 Å². The third kappa shape index (κ3) is 4.25. The molecule has 2 heterocycles. The second kappa shape index (κ2) is 9.55. The number of para-hydroxylation sites is 2. The Labute approximate surface area is 213 Å². The number of aromatic nitrogens is 1. The summed E-state index contributed by atoms with van der Waals surface area (Å²) in [6, 6.07) is 20.7. The largest absolute Gasteiger partial charge is 0.488 e. The fourth-order valence-corrected chi connectivity index (χ4v) is 4.83. The van der Waals surface area contributed by atoms with Crippen molar-refractivity contribution in [1.29, 1.82) is 0 Å². The Hall–Kier alpha value is -4.03. The van der Waals surface area contributed by atoms with Crippen LogP contribution >= 0.6 is 11.6 Å². The van der Waals surface area contributed by atoms with E-state index in [4.69, 9.17) is 35.5 Å². The smallest absolute Gasteiger partial charge is 0.339 e. The summed E-state index contributed by atoms with van der Waals surface area (Å²) in [5, 5.41) is 1.31. The molecule has 0 fully saturated rings. The summed E-state index contributed by atoms with van der Waals surface area (Å²) >= 11 is 6.13. The van der Waals surface area contributed by atoms with Crippen molar-refractivity contribution in [1.82, 2.24) is 4.98 Å². The van der Waals surface area contributed by atoms with E-state index in [2.05, 4.69) is 6.08 Å². The van der Waals surface area contributed by atoms with Gasteiger partial charge in [-0.25, -0.2) is 9.78 Å². The first kappa shape index (κ1) is 22.4. The van der Waals surface area contributed by atoms with Crippen LogP contribution in [0.15, 0.2) is 66.7 Å². The van der Waals surface area contributed by atoms with Crippen LogP contribution in [0.4, 0.5) is 0 Å². The van der Waals surface area contributed by atoms with Crippen molar-refractivity contribution >= 4 is 40.1 Å². The molecule has 0 bridgehead atoms. The quantitative estimate of drug-likeness (QED) is 0.228. The van der Waals surface area contributed by atoms with Crippen LogP contribution in [-0.4, -0.2) is 31.0 Å². The third-order valence-corrected chi connectivity index (χ3v) is 6.61. The van der Waals surface area contributed by atoms with Crippen LogP contribution in [0, 0.1) is 0 Å². The lowest BCUT2D eigenvalue weighted by atomic mass is 10.0. The fraction of sp³-hybridized carbons (Fsp3) is 0.172. The van der Waals surface area contributed by atoms with Gasteiger partial charge < -0.3 is 18.9 Å². The van der Waals surface area contributed by atoms with Crippen molar-refractivity contribution in [3.63, 3.8) is 0 Å². The Balaban J connectivity index is 1.27. The van der Waals surface area contributed by atoms with Gasteiger partial charge in [-0.15, -0.1) is 0 Å². The maximum absolute atomic E-state index is 13.3. The van der Waals surface area contributed by atoms with E-state index in [1.54, 1.807) is 12.1 Å². The van der Waals surface area contributed by atoms with Gasteiger partial charge in [0.25, 0.3) is 0 Å². The van der Waals surface area contributed by atoms with E-state index in [1.165, 1.54) is 0 Å². The molecule has 6 nitrogen and oxygen atoms in total. The zero-order valence-electron chi connectivity index (χ0n) is 19.3. The van der Waals surface area contributed by atoms with Gasteiger partial charge in [-0.3, -0.25) is 0 Å². The zero-order chi connectivity index (χ0) is 24.5. The average molecular weight is 500 g/mol. The standard InChI is InChI=1S/C29H22ClNO5/c30-22-6-2-4-8-24(22)33-13-14-34-29(32)27-20-5-1-3-7-23(20)31-28-19(10-11-21(27)28)15-18-9-12-25-26(16-18)36-17-35-25/h1-9,12,15-16H,10-11,13-14,17H2. The van der Waals surface area contributed by atoms with Crippen molar-refractivity contribution in [3.8, 4) is 17.2 Å². The van der Waals surface area contributed by atoms with Gasteiger partial charge in [0, 0.05) is 5.39 Å². The number of halogens is 1. The first-order chi connectivity index (χ1) is 17.7. The Morgan fingerprint density at radius 1 is 0.972 bits per heavy atom. The lowest BCUT2D eigenvalue weighted by Crippen LogP contribution is -2.15. The summed E-state index contributed by atoms with van der Waals surface area (Å²) in [6.07, 6.45) is 3.59. The van der Waals surface area contributed by atoms with E-state index < -0.39 is 0 Å². The number of fused-ring (bicyclic) bond motifs is 3. The minimum atomic E-state index is -0.378. The molecule has 0 radical (unpaired) electrons. The zero-order valence-corrected chi connectivity index (χ0v) is 20.1. The molecule has 4 aromatic rings. The second-order valence-electron chi connectivity index (χ2n) is 8.53. The highest BCUT2D eigenvalue weighted by Crippen LogP contribution is 2.39. The van der Waals surface area contributed by atoms with Crippen molar-refractivity contribution in [2.45, 2.75) is 12.8 Å². The predicted octanol–water partition coefficient (Wildman–Crippen LogP) is 6.34. The molecule has 1 aliphatic carbocycles. The number of hydrogen-bond acceptors (Lipinski definition) is 6. The Kier molecular flexibility index (Phi) is 5.95. The van der Waals surface area contributed by atoms with E-state index in [0.29, 0.717) is 22.8 Å². The van der Waals surface area contributed by atoms with Gasteiger partial charge in [0.15, 0.2) is 11.5 Å². The third-order valence-electron chi connectivity index (χ3n) is 6.29. The normalized spacial score (nSPS) is 14.8. The van der Waals surface area contributed by atoms with Crippen molar-refractivity contribution < 1.29 is 23.7 Å². The first-order valence-corrected chi connectivity index (χ1v) is 12.1. The number of allylic oxidation sites excluding steroid dienone is 1. The number of esters is 1. The van der Waals surface area contributed by atoms with Crippen LogP contribution in [-0.2, 0) is 11.2 Å². The number of pyridine rings is 1. The predicted molar refractivity (Wildman–Crippen MR) is 138 cm³/mol. The number of ether oxygens (including phenoxy) is 4. The molecular weight excluding hydrogens is 478 g/mol. The molecule has 0 spiro atoms. The Morgan fingerprint density at radius 2 is 1.81 bits per heavy atom. The van der Waals surface area contributed by atoms with Gasteiger partial charge >= 0.3 is 5.97 Å². The SMILES string of the molecule is O=C(OCCOc1ccccc1Cl)c1c2c(nc3ccccc13)C(=Cc1ccc3c(c1)OCO3)CC2. The molecule has 1 aromatic heterocycles. The van der Waals surface area contributed by atoms with Gasteiger partial charge in [-0.2, -0.15) is 0 Å². The molecule has 6 rings (SSSR count). The monoisotopic (exact) mass is 499 g/mol. The summed E-state index contributed by atoms with van der Waals surface area (Å²) in [6.45, 7) is 0.548. The number of rotatable bonds is 6. The Morgan fingerprint density at radius 3 is 2.72 bits per heavy atom. The summed E-state index contributed by atoms with van der Waals surface area (Å²) < 4.78 is 22.2. The van der Waals surface area contributed by atoms with Crippen molar-refractivity contribution in [2.75, 3.05) is 20.0 Å². The highest BCUT2D eigenvalue weighted by Gasteiger charge is 2.27. The van der Waals surface area contributed by atoms with Crippen LogP contribution < -0.4 is 14.2 Å². The number of nitrogens with zero attached hydrogens (tertiary/aromatic N) is 1. The molecule has 0 saturated heterocycles. The van der Waals surface area contributed by atoms with Crippen molar-refractivity contribution in [3.05, 3.63) is 94.1 Å².